The van der Waals surface area contributed by atoms with E-state index in [-0.39, 0.29) is 27.9 Å². The van der Waals surface area contributed by atoms with Crippen molar-refractivity contribution >= 4 is 15.7 Å². The monoisotopic (exact) mass is 412 g/mol. The molecule has 0 amide bonds. The first-order valence-corrected chi connectivity index (χ1v) is 11.5. The fourth-order valence-corrected chi connectivity index (χ4v) is 4.20. The Bertz CT molecular complexity index is 468. The Morgan fingerprint density at radius 3 is 1.66 bits per heavy atom. The maximum Gasteiger partial charge on any atom is 0.143 e. The predicted molar refractivity (Wildman–Crippen MR) is 129 cm³/mol. The van der Waals surface area contributed by atoms with Crippen LogP contribution in [0.3, 0.4) is 0 Å². The van der Waals surface area contributed by atoms with Gasteiger partial charge in [0.2, 0.25) is 0 Å². The van der Waals surface area contributed by atoms with Gasteiger partial charge in [0.05, 0.1) is 22.4 Å². The molecule has 0 spiro atoms. The Morgan fingerprint density at radius 2 is 1.24 bits per heavy atom. The molecule has 0 aliphatic heterocycles. The Labute approximate surface area is 184 Å². The first-order valence-electron chi connectivity index (χ1n) is 11.5. The maximum absolute atomic E-state index is 6.38. The summed E-state index contributed by atoms with van der Waals surface area (Å²) in [7, 11) is 4.20. The van der Waals surface area contributed by atoms with E-state index in [1.165, 1.54) is 0 Å². The third-order valence-corrected chi connectivity index (χ3v) is 5.29. The normalized spacial score (nSPS) is 17.2. The van der Waals surface area contributed by atoms with Gasteiger partial charge in [-0.05, 0) is 101 Å². The van der Waals surface area contributed by atoms with E-state index in [1.54, 1.807) is 0 Å². The molecule has 0 saturated carbocycles. The summed E-state index contributed by atoms with van der Waals surface area (Å²) >= 11 is 0. The smallest absolute Gasteiger partial charge is 0.143 e. The quantitative estimate of drug-likeness (QED) is 0.405. The van der Waals surface area contributed by atoms with Crippen molar-refractivity contribution in [3.63, 3.8) is 0 Å². The van der Waals surface area contributed by atoms with Crippen LogP contribution in [-0.4, -0.2) is 63.3 Å². The summed E-state index contributed by atoms with van der Waals surface area (Å²) in [6.45, 7) is 25.7. The average molecular weight is 412 g/mol. The fraction of sp³-hybridized carbons (Fsp3) is 1.00. The highest BCUT2D eigenvalue weighted by Gasteiger charge is 2.39. The molecule has 6 heteroatoms. The lowest BCUT2D eigenvalue weighted by Gasteiger charge is -2.43. The molecule has 0 aromatic carbocycles. The topological polar surface area (TPSA) is 36.9 Å². The van der Waals surface area contributed by atoms with E-state index in [0.717, 1.165) is 25.9 Å². The first-order chi connectivity index (χ1) is 12.8. The molecule has 2 atom stereocenters. The maximum atomic E-state index is 6.38. The minimum Gasteiger partial charge on any atom is -0.384 e. The lowest BCUT2D eigenvalue weighted by molar-refractivity contribution is -0.126. The summed E-state index contributed by atoms with van der Waals surface area (Å²) in [6, 6.07) is 0. The number of rotatable bonds is 14. The number of ether oxygens (including phenoxy) is 4. The molecule has 4 nitrogen and oxygen atoms in total. The molecule has 29 heavy (non-hydrogen) atoms. The highest BCUT2D eigenvalue weighted by Crippen LogP contribution is 2.37. The van der Waals surface area contributed by atoms with E-state index in [4.69, 9.17) is 18.9 Å². The van der Waals surface area contributed by atoms with E-state index in [0.29, 0.717) is 19.0 Å². The summed E-state index contributed by atoms with van der Waals surface area (Å²) in [5, 5.41) is 0. The minimum atomic E-state index is -0.251. The van der Waals surface area contributed by atoms with Gasteiger partial charge in [0, 0.05) is 25.2 Å². The SMILES string of the molecule is BCOC(C)(C)C(CC(C)(C)OCC)CC(C)(C)OCCC(B)(C)OC(C)(C)C. The van der Waals surface area contributed by atoms with Crippen LogP contribution < -0.4 is 0 Å². The zero-order chi connectivity index (χ0) is 23.1. The van der Waals surface area contributed by atoms with E-state index < -0.39 is 0 Å². The number of hydrogen-bond donors (Lipinski definition) is 0. The van der Waals surface area contributed by atoms with Crippen LogP contribution in [0.5, 0.6) is 0 Å². The third-order valence-electron chi connectivity index (χ3n) is 5.29. The second-order valence-corrected chi connectivity index (χ2v) is 11.7. The highest BCUT2D eigenvalue weighted by molar-refractivity contribution is 6.14. The molecule has 0 N–H and O–H groups in total. The molecule has 172 valence electrons. The highest BCUT2D eigenvalue weighted by atomic mass is 16.5. The van der Waals surface area contributed by atoms with Crippen molar-refractivity contribution in [2.45, 2.75) is 123 Å². The average Bonchev–Trinajstić information content (AvgIpc) is 2.42. The van der Waals surface area contributed by atoms with Crippen molar-refractivity contribution in [2.75, 3.05) is 19.7 Å². The molecule has 0 aromatic heterocycles. The first kappa shape index (κ1) is 29.0. The van der Waals surface area contributed by atoms with Gasteiger partial charge in [-0.3, -0.25) is 0 Å². The van der Waals surface area contributed by atoms with Gasteiger partial charge in [-0.2, -0.15) is 0 Å². The van der Waals surface area contributed by atoms with Crippen LogP contribution >= 0.6 is 0 Å². The summed E-state index contributed by atoms with van der Waals surface area (Å²) in [4.78, 5) is 0. The number of hydrogen-bond acceptors (Lipinski definition) is 4. The zero-order valence-electron chi connectivity index (χ0n) is 22.0. The molecule has 0 aliphatic rings. The van der Waals surface area contributed by atoms with Crippen LogP contribution in [0, 0.1) is 5.92 Å². The van der Waals surface area contributed by atoms with Crippen molar-refractivity contribution in [3.8, 4) is 0 Å². The second-order valence-electron chi connectivity index (χ2n) is 11.7. The standard InChI is InChI=1S/C23H50B2O4/c1-12-26-20(5,6)15-18(22(9,10)28-17-24)16-21(7,8)27-14-13-23(11,25)29-19(2,3)4/h18H,12-17,24-25H2,1-11H3. The molecule has 0 radical (unpaired) electrons. The van der Waals surface area contributed by atoms with Crippen LogP contribution in [0.4, 0.5) is 0 Å². The van der Waals surface area contributed by atoms with Gasteiger partial charge in [-0.15, -0.1) is 0 Å². The lowest BCUT2D eigenvalue weighted by Crippen LogP contribution is -2.45. The lowest BCUT2D eigenvalue weighted by atomic mass is 9.76. The van der Waals surface area contributed by atoms with E-state index in [9.17, 15) is 0 Å². The van der Waals surface area contributed by atoms with Gasteiger partial charge < -0.3 is 18.9 Å². The van der Waals surface area contributed by atoms with Gasteiger partial charge in [0.1, 0.15) is 15.7 Å². The molecule has 0 aromatic rings. The van der Waals surface area contributed by atoms with E-state index in [2.05, 4.69) is 91.9 Å². The Morgan fingerprint density at radius 1 is 0.759 bits per heavy atom. The van der Waals surface area contributed by atoms with Crippen LogP contribution in [0.25, 0.3) is 0 Å². The Hall–Kier alpha value is -0.0301. The molecular weight excluding hydrogens is 362 g/mol. The molecule has 0 heterocycles. The van der Waals surface area contributed by atoms with Crippen molar-refractivity contribution in [3.05, 3.63) is 0 Å². The summed E-state index contributed by atoms with van der Waals surface area (Å²) in [5.41, 5.74) is -1.05. The molecule has 0 saturated heterocycles. The molecule has 0 aliphatic carbocycles. The van der Waals surface area contributed by atoms with Gasteiger partial charge in [0.15, 0.2) is 0 Å². The van der Waals surface area contributed by atoms with Gasteiger partial charge in [0.25, 0.3) is 0 Å². The Balaban J connectivity index is 5.10. The van der Waals surface area contributed by atoms with Crippen LogP contribution in [-0.2, 0) is 18.9 Å². The molecule has 0 fully saturated rings. The van der Waals surface area contributed by atoms with Crippen LogP contribution in [0.1, 0.15) is 95.4 Å². The van der Waals surface area contributed by atoms with Gasteiger partial charge in [-0.25, -0.2) is 0 Å². The van der Waals surface area contributed by atoms with E-state index in [1.807, 2.05) is 0 Å². The second kappa shape index (κ2) is 11.0. The molecule has 0 bridgehead atoms. The van der Waals surface area contributed by atoms with E-state index >= 15 is 0 Å². The molecule has 2 unspecified atom stereocenters. The summed E-state index contributed by atoms with van der Waals surface area (Å²) < 4.78 is 24.7. The fourth-order valence-electron chi connectivity index (χ4n) is 4.20. The Kier molecular flexibility index (Phi) is 11.0. The van der Waals surface area contributed by atoms with Crippen LogP contribution in [0.15, 0.2) is 0 Å². The van der Waals surface area contributed by atoms with Crippen LogP contribution in [0.2, 0.25) is 0 Å². The predicted octanol–water partition coefficient (Wildman–Crippen LogP) is 3.93. The van der Waals surface area contributed by atoms with Gasteiger partial charge in [-0.1, -0.05) is 0 Å². The van der Waals surface area contributed by atoms with Crippen molar-refractivity contribution in [2.24, 2.45) is 5.92 Å². The van der Waals surface area contributed by atoms with Crippen molar-refractivity contribution < 1.29 is 18.9 Å². The molecular formula is C23H50B2O4. The summed E-state index contributed by atoms with van der Waals surface area (Å²) in [5.74, 6) is 0.317. The largest absolute Gasteiger partial charge is 0.384 e. The minimum absolute atomic E-state index is 0.156. The zero-order valence-corrected chi connectivity index (χ0v) is 22.0. The van der Waals surface area contributed by atoms with Crippen molar-refractivity contribution in [1.29, 1.82) is 0 Å². The van der Waals surface area contributed by atoms with Crippen molar-refractivity contribution in [1.82, 2.24) is 0 Å². The molecule has 0 rings (SSSR count). The third kappa shape index (κ3) is 13.1. The van der Waals surface area contributed by atoms with Gasteiger partial charge >= 0.3 is 0 Å². The summed E-state index contributed by atoms with van der Waals surface area (Å²) in [6.07, 6.45) is 2.70.